The predicted octanol–water partition coefficient (Wildman–Crippen LogP) is 3.45. The molecule has 6 bridgehead atoms. The molecule has 6 unspecified atom stereocenters. The molecule has 0 amide bonds. The molecule has 2 aromatic carbocycles. The lowest BCUT2D eigenvalue weighted by Gasteiger charge is -2.45. The van der Waals surface area contributed by atoms with Gasteiger partial charge in [0.15, 0.2) is 37.4 Å². The summed E-state index contributed by atoms with van der Waals surface area (Å²) in [5, 5.41) is 0. The lowest BCUT2D eigenvalue weighted by molar-refractivity contribution is -0.0453. The Bertz CT molecular complexity index is 1140. The molecule has 31 heavy (non-hydrogen) atoms. The van der Waals surface area contributed by atoms with Crippen LogP contribution in [0.5, 0.6) is 0 Å². The SMILES string of the molecule is C1=CC2OC1N2c1ccc(Cc2ccc(N3C4C=CC3O4)cc2N2C3C=CC2O3)cc1. The molecule has 0 radical (unpaired) electrons. The summed E-state index contributed by atoms with van der Waals surface area (Å²) in [6.45, 7) is 0. The summed E-state index contributed by atoms with van der Waals surface area (Å²) in [5.41, 5.74) is 6.28. The van der Waals surface area contributed by atoms with Crippen LogP contribution in [-0.2, 0) is 20.6 Å². The first-order valence-corrected chi connectivity index (χ1v) is 10.9. The molecule has 6 atom stereocenters. The van der Waals surface area contributed by atoms with Crippen molar-refractivity contribution in [1.29, 1.82) is 0 Å². The van der Waals surface area contributed by atoms with Crippen molar-refractivity contribution in [3.8, 4) is 0 Å². The average Bonchev–Trinajstić information content (AvgIpc) is 3.58. The summed E-state index contributed by atoms with van der Waals surface area (Å²) < 4.78 is 17.3. The molecule has 0 spiro atoms. The standard InChI is InChI=1S/C25H21N3O3/c1-4-17(26-20-7-8-21(26)29-20)5-2-15(1)13-16-3-6-18(27-22-9-10-23(27)30-22)14-19(16)28-24-11-12-25(28)31-24/h1-12,14,20-25H,13H2. The van der Waals surface area contributed by atoms with Crippen molar-refractivity contribution in [1.82, 2.24) is 0 Å². The topological polar surface area (TPSA) is 37.4 Å². The van der Waals surface area contributed by atoms with E-state index in [9.17, 15) is 0 Å². The van der Waals surface area contributed by atoms with E-state index in [1.165, 1.54) is 28.2 Å². The Kier molecular flexibility index (Phi) is 3.10. The van der Waals surface area contributed by atoms with Gasteiger partial charge in [-0.3, -0.25) is 0 Å². The number of ether oxygens (including phenoxy) is 3. The highest BCUT2D eigenvalue weighted by Gasteiger charge is 2.45. The molecule has 0 saturated carbocycles. The molecule has 2 aromatic rings. The summed E-state index contributed by atoms with van der Waals surface area (Å²) in [6.07, 6.45) is 14.2. The van der Waals surface area contributed by atoms with Crippen molar-refractivity contribution >= 4 is 17.1 Å². The minimum absolute atomic E-state index is 0.0539. The summed E-state index contributed by atoms with van der Waals surface area (Å²) in [7, 11) is 0. The van der Waals surface area contributed by atoms with Crippen LogP contribution >= 0.6 is 0 Å². The third-order valence-electron chi connectivity index (χ3n) is 7.08. The monoisotopic (exact) mass is 411 g/mol. The number of anilines is 3. The van der Waals surface area contributed by atoms with Gasteiger partial charge in [0.1, 0.15) is 0 Å². The normalized spacial score (nSPS) is 34.9. The fourth-order valence-electron chi connectivity index (χ4n) is 5.44. The zero-order chi connectivity index (χ0) is 20.1. The van der Waals surface area contributed by atoms with Crippen molar-refractivity contribution in [3.63, 3.8) is 0 Å². The fraction of sp³-hybridized carbons (Fsp3) is 0.280. The van der Waals surface area contributed by atoms with Crippen LogP contribution in [0.3, 0.4) is 0 Å². The molecule has 11 rings (SSSR count). The summed E-state index contributed by atoms with van der Waals surface area (Å²) in [6, 6.07) is 15.7. The van der Waals surface area contributed by atoms with E-state index in [1.807, 2.05) is 0 Å². The van der Waals surface area contributed by atoms with Crippen molar-refractivity contribution in [2.45, 2.75) is 43.8 Å². The Morgan fingerprint density at radius 1 is 0.548 bits per heavy atom. The Morgan fingerprint density at radius 3 is 1.58 bits per heavy atom. The van der Waals surface area contributed by atoms with Gasteiger partial charge in [-0.1, -0.05) is 18.2 Å². The van der Waals surface area contributed by atoms with E-state index in [-0.39, 0.29) is 37.4 Å². The second-order valence-corrected chi connectivity index (χ2v) is 8.78. The van der Waals surface area contributed by atoms with Crippen LogP contribution in [-0.4, -0.2) is 37.4 Å². The maximum atomic E-state index is 5.85. The van der Waals surface area contributed by atoms with E-state index < -0.39 is 0 Å². The smallest absolute Gasteiger partial charge is 0.154 e. The highest BCUT2D eigenvalue weighted by atomic mass is 16.6. The minimum Gasteiger partial charge on any atom is -0.328 e. The van der Waals surface area contributed by atoms with Crippen molar-refractivity contribution in [2.24, 2.45) is 0 Å². The van der Waals surface area contributed by atoms with E-state index in [0.29, 0.717) is 0 Å². The highest BCUT2D eigenvalue weighted by Crippen LogP contribution is 2.44. The second kappa shape index (κ2) is 5.79. The van der Waals surface area contributed by atoms with E-state index in [1.54, 1.807) is 0 Å². The van der Waals surface area contributed by atoms with Crippen LogP contribution in [0.1, 0.15) is 11.1 Å². The molecule has 9 aliphatic rings. The Morgan fingerprint density at radius 2 is 1.03 bits per heavy atom. The van der Waals surface area contributed by atoms with Gasteiger partial charge in [0.25, 0.3) is 0 Å². The van der Waals surface area contributed by atoms with Crippen molar-refractivity contribution in [3.05, 3.63) is 90.0 Å². The lowest BCUT2D eigenvalue weighted by Crippen LogP contribution is -2.54. The first-order chi connectivity index (χ1) is 15.3. The van der Waals surface area contributed by atoms with Gasteiger partial charge in [-0.2, -0.15) is 0 Å². The molecule has 9 aliphatic heterocycles. The van der Waals surface area contributed by atoms with E-state index in [2.05, 4.69) is 93.6 Å². The quantitative estimate of drug-likeness (QED) is 0.702. The highest BCUT2D eigenvalue weighted by molar-refractivity contribution is 5.69. The molecule has 6 heteroatoms. The Hall–Kier alpha value is -3.06. The number of rotatable bonds is 5. The van der Waals surface area contributed by atoms with Gasteiger partial charge in [-0.15, -0.1) is 0 Å². The maximum absolute atomic E-state index is 5.85. The van der Waals surface area contributed by atoms with Crippen LogP contribution in [0.25, 0.3) is 0 Å². The molecule has 0 N–H and O–H groups in total. The molecule has 0 aliphatic carbocycles. The van der Waals surface area contributed by atoms with Gasteiger partial charge in [0, 0.05) is 17.1 Å². The van der Waals surface area contributed by atoms with Crippen molar-refractivity contribution < 1.29 is 14.2 Å². The van der Waals surface area contributed by atoms with Crippen molar-refractivity contribution in [2.75, 3.05) is 14.7 Å². The molecule has 6 nitrogen and oxygen atoms in total. The number of nitrogens with zero attached hydrogens (tertiary/aromatic N) is 3. The van der Waals surface area contributed by atoms with E-state index in [4.69, 9.17) is 14.2 Å². The summed E-state index contributed by atoms with van der Waals surface area (Å²) in [5.74, 6) is 0. The molecular weight excluding hydrogens is 390 g/mol. The molecule has 3 fully saturated rings. The van der Waals surface area contributed by atoms with Gasteiger partial charge in [0.2, 0.25) is 0 Å². The minimum atomic E-state index is 0.0539. The average molecular weight is 411 g/mol. The molecule has 9 heterocycles. The van der Waals surface area contributed by atoms with Crippen LogP contribution in [0, 0.1) is 0 Å². The van der Waals surface area contributed by atoms with Gasteiger partial charge in [-0.05, 0) is 78.3 Å². The first kappa shape index (κ1) is 16.6. The lowest BCUT2D eigenvalue weighted by atomic mass is 10.0. The third-order valence-corrected chi connectivity index (χ3v) is 7.08. The third kappa shape index (κ3) is 2.22. The van der Waals surface area contributed by atoms with Crippen LogP contribution < -0.4 is 14.7 Å². The second-order valence-electron chi connectivity index (χ2n) is 8.78. The van der Waals surface area contributed by atoms with Gasteiger partial charge in [-0.25, -0.2) is 0 Å². The zero-order valence-corrected chi connectivity index (χ0v) is 16.7. The predicted molar refractivity (Wildman–Crippen MR) is 117 cm³/mol. The van der Waals surface area contributed by atoms with Gasteiger partial charge < -0.3 is 28.9 Å². The zero-order valence-electron chi connectivity index (χ0n) is 16.7. The Balaban J connectivity index is 1.09. The molecule has 154 valence electrons. The summed E-state index contributed by atoms with van der Waals surface area (Å²) in [4.78, 5) is 6.97. The van der Waals surface area contributed by atoms with Crippen LogP contribution in [0.4, 0.5) is 17.1 Å². The van der Waals surface area contributed by atoms with Gasteiger partial charge in [0.05, 0.1) is 0 Å². The summed E-state index contributed by atoms with van der Waals surface area (Å²) >= 11 is 0. The maximum Gasteiger partial charge on any atom is 0.154 e. The van der Waals surface area contributed by atoms with Crippen LogP contribution in [0.2, 0.25) is 0 Å². The van der Waals surface area contributed by atoms with E-state index in [0.717, 1.165) is 6.42 Å². The number of benzene rings is 2. The molecule has 0 aromatic heterocycles. The molecule has 3 saturated heterocycles. The van der Waals surface area contributed by atoms with E-state index >= 15 is 0 Å². The fourth-order valence-corrected chi connectivity index (χ4v) is 5.44. The number of hydrogen-bond acceptors (Lipinski definition) is 6. The Labute approximate surface area is 180 Å². The van der Waals surface area contributed by atoms with Crippen LogP contribution in [0.15, 0.2) is 78.9 Å². The first-order valence-electron chi connectivity index (χ1n) is 10.9. The van der Waals surface area contributed by atoms with Gasteiger partial charge >= 0.3 is 0 Å². The molecular formula is C25H21N3O3. The largest absolute Gasteiger partial charge is 0.328 e. The number of hydrogen-bond donors (Lipinski definition) is 0.